The lowest BCUT2D eigenvalue weighted by Crippen LogP contribution is -2.21. The summed E-state index contributed by atoms with van der Waals surface area (Å²) in [4.78, 5) is 0.485. The maximum absolute atomic E-state index is 4.18. The zero-order valence-corrected chi connectivity index (χ0v) is 13.3. The molecule has 0 aliphatic heterocycles. The van der Waals surface area contributed by atoms with Crippen molar-refractivity contribution in [2.24, 2.45) is 5.41 Å². The van der Waals surface area contributed by atoms with Gasteiger partial charge in [-0.25, -0.2) is 4.68 Å². The minimum absolute atomic E-state index is 0.269. The van der Waals surface area contributed by atoms with Gasteiger partial charge in [-0.2, -0.15) is 0 Å². The lowest BCUT2D eigenvalue weighted by molar-refractivity contribution is 0.384. The van der Waals surface area contributed by atoms with Crippen LogP contribution in [0.25, 0.3) is 5.69 Å². The van der Waals surface area contributed by atoms with Gasteiger partial charge in [-0.3, -0.25) is 0 Å². The van der Waals surface area contributed by atoms with Crippen molar-refractivity contribution in [3.05, 3.63) is 42.2 Å². The Morgan fingerprint density at radius 1 is 1.21 bits per heavy atom. The number of benzene rings is 1. The van der Waals surface area contributed by atoms with E-state index in [4.69, 9.17) is 0 Å². The van der Waals surface area contributed by atoms with Crippen LogP contribution >= 0.6 is 15.9 Å². The maximum atomic E-state index is 4.18. The van der Waals surface area contributed by atoms with Gasteiger partial charge in [-0.1, -0.05) is 60.1 Å². The normalized spacial score (nSPS) is 13.5. The highest BCUT2D eigenvalue weighted by molar-refractivity contribution is 9.09. The van der Waals surface area contributed by atoms with Crippen molar-refractivity contribution in [2.75, 3.05) is 0 Å². The van der Waals surface area contributed by atoms with E-state index >= 15 is 0 Å². The van der Waals surface area contributed by atoms with Gasteiger partial charge in [0.15, 0.2) is 0 Å². The first-order valence-electron chi connectivity index (χ1n) is 6.57. The molecular weight excluding hydrogens is 302 g/mol. The summed E-state index contributed by atoms with van der Waals surface area (Å²) in [6.07, 6.45) is 3.90. The Morgan fingerprint density at radius 2 is 1.89 bits per heavy atom. The van der Waals surface area contributed by atoms with Gasteiger partial charge in [-0.15, -0.1) is 5.10 Å². The van der Waals surface area contributed by atoms with Gasteiger partial charge >= 0.3 is 0 Å². The lowest BCUT2D eigenvalue weighted by atomic mass is 9.89. The molecule has 19 heavy (non-hydrogen) atoms. The number of nitrogens with zero attached hydrogens (tertiary/aromatic N) is 3. The van der Waals surface area contributed by atoms with E-state index in [1.165, 1.54) is 0 Å². The summed E-state index contributed by atoms with van der Waals surface area (Å²) in [5.74, 6) is 0. The monoisotopic (exact) mass is 321 g/mol. The van der Waals surface area contributed by atoms with Crippen LogP contribution in [0.4, 0.5) is 0 Å². The number of rotatable bonds is 4. The third-order valence-electron chi connectivity index (χ3n) is 3.21. The molecule has 0 radical (unpaired) electrons. The van der Waals surface area contributed by atoms with Crippen LogP contribution in [0, 0.1) is 5.41 Å². The summed E-state index contributed by atoms with van der Waals surface area (Å²) in [6.45, 7) is 6.75. The summed E-state index contributed by atoms with van der Waals surface area (Å²) in [7, 11) is 0. The molecule has 0 spiro atoms. The molecule has 4 heteroatoms. The number of hydrogen-bond acceptors (Lipinski definition) is 2. The van der Waals surface area contributed by atoms with E-state index in [0.717, 1.165) is 24.2 Å². The Morgan fingerprint density at radius 3 is 2.53 bits per heavy atom. The summed E-state index contributed by atoms with van der Waals surface area (Å²) >= 11 is 3.77. The number of hydrogen-bond donors (Lipinski definition) is 0. The van der Waals surface area contributed by atoms with E-state index in [9.17, 15) is 0 Å². The van der Waals surface area contributed by atoms with Gasteiger partial charge in [0.25, 0.3) is 0 Å². The number of para-hydroxylation sites is 1. The van der Waals surface area contributed by atoms with Gasteiger partial charge in [-0.05, 0) is 30.4 Å². The molecule has 102 valence electrons. The van der Waals surface area contributed by atoms with E-state index < -0.39 is 0 Å². The van der Waals surface area contributed by atoms with Crippen molar-refractivity contribution in [1.29, 1.82) is 0 Å². The van der Waals surface area contributed by atoms with Crippen molar-refractivity contribution in [1.82, 2.24) is 15.0 Å². The van der Waals surface area contributed by atoms with Crippen molar-refractivity contribution in [2.45, 2.75) is 38.4 Å². The first-order valence-corrected chi connectivity index (χ1v) is 7.49. The Labute approximate surface area is 123 Å². The third-order valence-corrected chi connectivity index (χ3v) is 5.05. The molecule has 0 fully saturated rings. The van der Waals surface area contributed by atoms with Gasteiger partial charge in [0.05, 0.1) is 17.6 Å². The highest BCUT2D eigenvalue weighted by atomic mass is 79.9. The molecule has 0 saturated heterocycles. The van der Waals surface area contributed by atoms with Crippen LogP contribution in [-0.4, -0.2) is 19.8 Å². The van der Waals surface area contributed by atoms with Crippen molar-refractivity contribution in [3.63, 3.8) is 0 Å². The van der Waals surface area contributed by atoms with Crippen LogP contribution in [-0.2, 0) is 6.42 Å². The molecule has 0 aliphatic carbocycles. The Kier molecular flexibility index (Phi) is 4.40. The lowest BCUT2D eigenvalue weighted by Gasteiger charge is -2.25. The molecule has 3 nitrogen and oxygen atoms in total. The standard InChI is InChI=1S/C15H20BrN3/c1-15(2,3)14(16)10-9-13-11-17-18-19(13)12-7-5-4-6-8-12/h4-8,11,14H,9-10H2,1-3H3. The molecule has 1 aromatic heterocycles. The number of halogens is 1. The summed E-state index contributed by atoms with van der Waals surface area (Å²) < 4.78 is 1.92. The fraction of sp³-hybridized carbons (Fsp3) is 0.467. The molecule has 1 heterocycles. The fourth-order valence-electron chi connectivity index (χ4n) is 1.92. The predicted octanol–water partition coefficient (Wildman–Crippen LogP) is 4.01. The van der Waals surface area contributed by atoms with Crippen LogP contribution in [0.15, 0.2) is 36.5 Å². The first kappa shape index (κ1) is 14.3. The largest absolute Gasteiger partial charge is 0.218 e. The number of aryl methyl sites for hydroxylation is 1. The molecular formula is C15H20BrN3. The topological polar surface area (TPSA) is 30.7 Å². The Balaban J connectivity index is 2.09. The molecule has 0 aliphatic rings. The molecule has 1 unspecified atom stereocenters. The van der Waals surface area contributed by atoms with Crippen LogP contribution < -0.4 is 0 Å². The molecule has 0 saturated carbocycles. The minimum atomic E-state index is 0.269. The molecule has 0 bridgehead atoms. The predicted molar refractivity (Wildman–Crippen MR) is 81.9 cm³/mol. The van der Waals surface area contributed by atoms with Crippen LogP contribution in [0.3, 0.4) is 0 Å². The second-order valence-electron chi connectivity index (χ2n) is 5.84. The zero-order chi connectivity index (χ0) is 13.9. The van der Waals surface area contributed by atoms with E-state index in [1.54, 1.807) is 0 Å². The highest BCUT2D eigenvalue weighted by Gasteiger charge is 2.22. The van der Waals surface area contributed by atoms with Crippen molar-refractivity contribution < 1.29 is 0 Å². The van der Waals surface area contributed by atoms with Gasteiger partial charge in [0.2, 0.25) is 0 Å². The minimum Gasteiger partial charge on any atom is -0.218 e. The van der Waals surface area contributed by atoms with Gasteiger partial charge < -0.3 is 0 Å². The second kappa shape index (κ2) is 5.87. The van der Waals surface area contributed by atoms with E-state index in [-0.39, 0.29) is 5.41 Å². The number of alkyl halides is 1. The average molecular weight is 322 g/mol. The zero-order valence-electron chi connectivity index (χ0n) is 11.7. The summed E-state index contributed by atoms with van der Waals surface area (Å²) in [5, 5.41) is 8.21. The quantitative estimate of drug-likeness (QED) is 0.796. The van der Waals surface area contributed by atoms with Crippen molar-refractivity contribution in [3.8, 4) is 5.69 Å². The van der Waals surface area contributed by atoms with E-state index in [0.29, 0.717) is 4.83 Å². The van der Waals surface area contributed by atoms with E-state index in [2.05, 4.69) is 47.0 Å². The second-order valence-corrected chi connectivity index (χ2v) is 6.95. The van der Waals surface area contributed by atoms with Crippen LogP contribution in [0.1, 0.15) is 32.9 Å². The van der Waals surface area contributed by atoms with E-state index in [1.807, 2.05) is 41.2 Å². The Hall–Kier alpha value is -1.16. The third kappa shape index (κ3) is 3.66. The molecule has 1 aromatic carbocycles. The molecule has 0 N–H and O–H groups in total. The van der Waals surface area contributed by atoms with Gasteiger partial charge in [0, 0.05) is 4.83 Å². The molecule has 1 atom stereocenters. The molecule has 2 rings (SSSR count). The molecule has 0 amide bonds. The highest BCUT2D eigenvalue weighted by Crippen LogP contribution is 2.29. The SMILES string of the molecule is CC(C)(C)C(Br)CCc1cnnn1-c1ccccc1. The average Bonchev–Trinajstić information content (AvgIpc) is 2.84. The van der Waals surface area contributed by atoms with Crippen LogP contribution in [0.2, 0.25) is 0 Å². The van der Waals surface area contributed by atoms with Crippen molar-refractivity contribution >= 4 is 15.9 Å². The smallest absolute Gasteiger partial charge is 0.0729 e. The summed E-state index contributed by atoms with van der Waals surface area (Å²) in [5.41, 5.74) is 2.49. The van der Waals surface area contributed by atoms with Crippen LogP contribution in [0.5, 0.6) is 0 Å². The molecule has 2 aromatic rings. The Bertz CT molecular complexity index is 514. The van der Waals surface area contributed by atoms with Gasteiger partial charge in [0.1, 0.15) is 0 Å². The maximum Gasteiger partial charge on any atom is 0.0729 e. The first-order chi connectivity index (χ1) is 8.98. The fourth-order valence-corrected chi connectivity index (χ4v) is 2.15. The summed E-state index contributed by atoms with van der Waals surface area (Å²) in [6, 6.07) is 10.1. The number of aromatic nitrogens is 3.